The highest BCUT2D eigenvalue weighted by atomic mass is 16.2. The Balaban J connectivity index is 1.82. The first-order valence-electron chi connectivity index (χ1n) is 7.73. The Hall–Kier alpha value is -1.01. The third-order valence-corrected chi connectivity index (χ3v) is 4.51. The second-order valence-electron chi connectivity index (χ2n) is 5.85. The number of nitrogens with one attached hydrogen (secondary N) is 1. The zero-order valence-electron chi connectivity index (χ0n) is 12.0. The van der Waals surface area contributed by atoms with Gasteiger partial charge in [-0.1, -0.05) is 0 Å². The first kappa shape index (κ1) is 14.4. The van der Waals surface area contributed by atoms with Crippen LogP contribution in [0.25, 0.3) is 0 Å². The van der Waals surface area contributed by atoms with Gasteiger partial charge in [0.15, 0.2) is 0 Å². The predicted molar refractivity (Wildman–Crippen MR) is 77.7 cm³/mol. The highest BCUT2D eigenvalue weighted by Crippen LogP contribution is 2.30. The number of hydrogen-bond donors (Lipinski definition) is 1. The van der Waals surface area contributed by atoms with E-state index in [2.05, 4.69) is 23.1 Å². The molecule has 2 heterocycles. The summed E-state index contributed by atoms with van der Waals surface area (Å²) in [4.78, 5) is 14.4. The van der Waals surface area contributed by atoms with E-state index in [4.69, 9.17) is 6.42 Å². The Kier molecular flexibility index (Phi) is 5.27. The van der Waals surface area contributed by atoms with Crippen LogP contribution in [-0.4, -0.2) is 35.5 Å². The largest absolute Gasteiger partial charge is 0.340 e. The van der Waals surface area contributed by atoms with Crippen LogP contribution in [0.15, 0.2) is 0 Å². The number of nitrogens with zero attached hydrogens (tertiary/aromatic N) is 1. The third-order valence-electron chi connectivity index (χ3n) is 4.51. The Morgan fingerprint density at radius 3 is 2.58 bits per heavy atom. The van der Waals surface area contributed by atoms with Crippen molar-refractivity contribution < 1.29 is 4.79 Å². The van der Waals surface area contributed by atoms with Crippen LogP contribution in [0.5, 0.6) is 0 Å². The molecule has 2 bridgehead atoms. The number of fused-ring (bicyclic) bond motifs is 2. The zero-order chi connectivity index (χ0) is 13.7. The van der Waals surface area contributed by atoms with E-state index in [-0.39, 0.29) is 0 Å². The van der Waals surface area contributed by atoms with Gasteiger partial charge in [0.1, 0.15) is 0 Å². The van der Waals surface area contributed by atoms with E-state index >= 15 is 0 Å². The number of terminal acetylenes is 1. The molecule has 19 heavy (non-hydrogen) atoms. The highest BCUT2D eigenvalue weighted by Gasteiger charge is 2.36. The first-order chi connectivity index (χ1) is 9.24. The molecule has 2 aliphatic rings. The van der Waals surface area contributed by atoms with Crippen LogP contribution >= 0.6 is 0 Å². The summed E-state index contributed by atoms with van der Waals surface area (Å²) in [6.45, 7) is 2.95. The molecule has 0 radical (unpaired) electrons. The molecule has 3 heteroatoms. The number of carbonyl (C=O) groups excluding carboxylic acids is 1. The van der Waals surface area contributed by atoms with Gasteiger partial charge in [-0.15, -0.1) is 12.3 Å². The summed E-state index contributed by atoms with van der Waals surface area (Å²) < 4.78 is 0. The van der Waals surface area contributed by atoms with Gasteiger partial charge in [-0.25, -0.2) is 0 Å². The van der Waals surface area contributed by atoms with Gasteiger partial charge in [-0.05, 0) is 45.4 Å². The maximum Gasteiger partial charge on any atom is 0.222 e. The molecule has 1 N–H and O–H groups in total. The summed E-state index contributed by atoms with van der Waals surface area (Å²) in [7, 11) is 0. The molecule has 3 nitrogen and oxygen atoms in total. The van der Waals surface area contributed by atoms with E-state index in [1.165, 1.54) is 12.8 Å². The van der Waals surface area contributed by atoms with Crippen molar-refractivity contribution in [3.8, 4) is 12.3 Å². The molecule has 2 rings (SSSR count). The van der Waals surface area contributed by atoms with E-state index in [1.54, 1.807) is 0 Å². The lowest BCUT2D eigenvalue weighted by molar-refractivity contribution is -0.134. The minimum absolute atomic E-state index is 0.325. The topological polar surface area (TPSA) is 32.3 Å². The normalized spacial score (nSPS) is 28.9. The van der Waals surface area contributed by atoms with Crippen molar-refractivity contribution in [3.05, 3.63) is 0 Å². The quantitative estimate of drug-likeness (QED) is 0.588. The van der Waals surface area contributed by atoms with Gasteiger partial charge in [-0.3, -0.25) is 4.79 Å². The molecular weight excluding hydrogens is 236 g/mol. The molecule has 2 aliphatic heterocycles. The van der Waals surface area contributed by atoms with Gasteiger partial charge < -0.3 is 10.2 Å². The summed E-state index contributed by atoms with van der Waals surface area (Å²) in [6.07, 6.45) is 13.4. The average molecular weight is 262 g/mol. The molecule has 2 saturated heterocycles. The van der Waals surface area contributed by atoms with Gasteiger partial charge in [-0.2, -0.15) is 0 Å². The minimum Gasteiger partial charge on any atom is -0.340 e. The lowest BCUT2D eigenvalue weighted by Crippen LogP contribution is -2.50. The van der Waals surface area contributed by atoms with E-state index in [0.717, 1.165) is 38.6 Å². The van der Waals surface area contributed by atoms with Crippen molar-refractivity contribution in [3.63, 3.8) is 0 Å². The van der Waals surface area contributed by atoms with Gasteiger partial charge in [0, 0.05) is 37.5 Å². The fourth-order valence-corrected chi connectivity index (χ4v) is 3.57. The van der Waals surface area contributed by atoms with Crippen LogP contribution in [0.1, 0.15) is 58.3 Å². The molecule has 0 spiro atoms. The Labute approximate surface area is 117 Å². The van der Waals surface area contributed by atoms with Crippen molar-refractivity contribution in [1.82, 2.24) is 10.2 Å². The van der Waals surface area contributed by atoms with Crippen molar-refractivity contribution >= 4 is 5.91 Å². The monoisotopic (exact) mass is 262 g/mol. The Morgan fingerprint density at radius 1 is 1.32 bits per heavy atom. The molecular formula is C16H26N2O. The molecule has 106 valence electrons. The lowest BCUT2D eigenvalue weighted by atomic mass is 9.97. The minimum atomic E-state index is 0.325. The molecule has 2 atom stereocenters. The molecule has 0 aliphatic carbocycles. The average Bonchev–Trinajstić information content (AvgIpc) is 2.75. The number of rotatable bonds is 6. The summed E-state index contributed by atoms with van der Waals surface area (Å²) in [5, 5.41) is 3.64. The second kappa shape index (κ2) is 6.96. The zero-order valence-corrected chi connectivity index (χ0v) is 12.0. The van der Waals surface area contributed by atoms with Gasteiger partial charge in [0.2, 0.25) is 5.91 Å². The molecule has 1 amide bonds. The van der Waals surface area contributed by atoms with Crippen LogP contribution in [0, 0.1) is 12.3 Å². The van der Waals surface area contributed by atoms with Gasteiger partial charge in [0.05, 0.1) is 0 Å². The van der Waals surface area contributed by atoms with Crippen LogP contribution in [-0.2, 0) is 4.79 Å². The van der Waals surface area contributed by atoms with Crippen LogP contribution in [0.4, 0.5) is 0 Å². The third kappa shape index (κ3) is 3.73. The molecule has 0 aromatic carbocycles. The van der Waals surface area contributed by atoms with Crippen LogP contribution in [0.3, 0.4) is 0 Å². The maximum absolute atomic E-state index is 12.3. The van der Waals surface area contributed by atoms with E-state index in [9.17, 15) is 4.79 Å². The fourth-order valence-electron chi connectivity index (χ4n) is 3.57. The number of hydrogen-bond acceptors (Lipinski definition) is 2. The first-order valence-corrected chi connectivity index (χ1v) is 7.73. The molecule has 0 aromatic heterocycles. The number of unbranched alkanes of at least 4 members (excludes halogenated alkanes) is 2. The number of piperidine rings is 1. The smallest absolute Gasteiger partial charge is 0.222 e. The van der Waals surface area contributed by atoms with Crippen molar-refractivity contribution in [2.24, 2.45) is 0 Å². The Bertz CT molecular complexity index is 335. The van der Waals surface area contributed by atoms with Gasteiger partial charge in [0.25, 0.3) is 0 Å². The van der Waals surface area contributed by atoms with Crippen molar-refractivity contribution in [1.29, 1.82) is 0 Å². The molecule has 0 saturated carbocycles. The van der Waals surface area contributed by atoms with Crippen LogP contribution < -0.4 is 5.32 Å². The molecule has 0 aromatic rings. The van der Waals surface area contributed by atoms with E-state index in [0.29, 0.717) is 30.5 Å². The van der Waals surface area contributed by atoms with E-state index in [1.807, 2.05) is 0 Å². The van der Waals surface area contributed by atoms with Gasteiger partial charge >= 0.3 is 0 Å². The van der Waals surface area contributed by atoms with E-state index < -0.39 is 0 Å². The number of carbonyl (C=O) groups is 1. The SMILES string of the molecule is C#CCCCCC(=O)N(CC)C1CC2CCC(C1)N2. The summed E-state index contributed by atoms with van der Waals surface area (Å²) in [6, 6.07) is 1.75. The summed E-state index contributed by atoms with van der Waals surface area (Å²) in [5.74, 6) is 2.96. The van der Waals surface area contributed by atoms with Crippen molar-refractivity contribution in [2.75, 3.05) is 6.54 Å². The summed E-state index contributed by atoms with van der Waals surface area (Å²) >= 11 is 0. The lowest BCUT2D eigenvalue weighted by Gasteiger charge is -2.37. The second-order valence-corrected chi connectivity index (χ2v) is 5.85. The molecule has 2 fully saturated rings. The molecule has 2 unspecified atom stereocenters. The Morgan fingerprint density at radius 2 is 2.00 bits per heavy atom. The number of amides is 1. The van der Waals surface area contributed by atoms with Crippen molar-refractivity contribution in [2.45, 2.75) is 76.4 Å². The highest BCUT2D eigenvalue weighted by molar-refractivity contribution is 5.76. The fraction of sp³-hybridized carbons (Fsp3) is 0.812. The summed E-state index contributed by atoms with van der Waals surface area (Å²) in [5.41, 5.74) is 0. The van der Waals surface area contributed by atoms with Crippen LogP contribution in [0.2, 0.25) is 0 Å². The maximum atomic E-state index is 12.3. The predicted octanol–water partition coefficient (Wildman–Crippen LogP) is 2.31. The standard InChI is InChI=1S/C16H26N2O/c1-3-5-6-7-8-16(19)18(4-2)15-11-13-9-10-14(12-15)17-13/h1,13-15,17H,4-12H2,2H3.